The zero-order valence-corrected chi connectivity index (χ0v) is 15.6. The number of anilines is 1. The van der Waals surface area contributed by atoms with E-state index in [0.29, 0.717) is 18.3 Å². The number of hydrazine groups is 1. The Labute approximate surface area is 160 Å². The quantitative estimate of drug-likeness (QED) is 0.286. The number of carboxylic acids is 1. The number of nitrogens with one attached hydrogen (secondary N) is 3. The summed E-state index contributed by atoms with van der Waals surface area (Å²) in [5.41, 5.74) is 6.59. The van der Waals surface area contributed by atoms with Gasteiger partial charge in [-0.15, -0.1) is 0 Å². The zero-order valence-electron chi connectivity index (χ0n) is 15.6. The van der Waals surface area contributed by atoms with Crippen molar-refractivity contribution in [3.63, 3.8) is 0 Å². The molecule has 2 saturated carbocycles. The van der Waals surface area contributed by atoms with Crippen LogP contribution in [0.5, 0.6) is 0 Å². The molecule has 6 nitrogen and oxygen atoms in total. The van der Waals surface area contributed by atoms with Gasteiger partial charge in [0.05, 0.1) is 0 Å². The van der Waals surface area contributed by atoms with E-state index in [0.717, 1.165) is 36.9 Å². The van der Waals surface area contributed by atoms with Gasteiger partial charge in [-0.25, -0.2) is 10.2 Å². The predicted octanol–water partition coefficient (Wildman–Crippen LogP) is 3.79. The molecule has 2 aliphatic carbocycles. The molecule has 0 bridgehead atoms. The van der Waals surface area contributed by atoms with Crippen LogP contribution >= 0.6 is 0 Å². The molecule has 146 valence electrons. The minimum atomic E-state index is -0.727. The van der Waals surface area contributed by atoms with E-state index < -0.39 is 5.97 Å². The van der Waals surface area contributed by atoms with E-state index in [4.69, 9.17) is 5.11 Å². The molecule has 2 amide bonds. The van der Waals surface area contributed by atoms with Crippen LogP contribution in [0, 0.1) is 23.7 Å². The summed E-state index contributed by atoms with van der Waals surface area (Å²) in [5.74, 6) is 2.17. The van der Waals surface area contributed by atoms with E-state index in [1.54, 1.807) is 0 Å². The van der Waals surface area contributed by atoms with Crippen LogP contribution in [-0.2, 0) is 4.79 Å². The Balaban J connectivity index is 1.34. The zero-order chi connectivity index (χ0) is 19.1. The van der Waals surface area contributed by atoms with E-state index in [9.17, 15) is 9.59 Å². The molecule has 1 unspecified atom stereocenters. The number of allylic oxidation sites excluding steroid dienone is 2. The molecule has 1 aromatic rings. The molecule has 0 aromatic heterocycles. The first-order chi connectivity index (χ1) is 13.1. The Hall–Kier alpha value is -2.34. The number of fused-ring (bicyclic) bond motifs is 1. The van der Waals surface area contributed by atoms with Gasteiger partial charge in [0, 0.05) is 18.7 Å². The van der Waals surface area contributed by atoms with Gasteiger partial charge >= 0.3 is 12.0 Å². The van der Waals surface area contributed by atoms with Gasteiger partial charge in [-0.05, 0) is 67.9 Å². The number of carboxylic acid groups (broad SMARTS) is 1. The summed E-state index contributed by atoms with van der Waals surface area (Å²) in [6, 6.07) is 9.13. The second-order valence-electron chi connectivity index (χ2n) is 7.55. The van der Waals surface area contributed by atoms with Crippen LogP contribution < -0.4 is 16.2 Å². The molecule has 0 spiro atoms. The molecule has 2 aliphatic rings. The summed E-state index contributed by atoms with van der Waals surface area (Å²) in [4.78, 5) is 22.4. The molecule has 0 aliphatic heterocycles. The molecule has 3 rings (SSSR count). The first kappa shape index (κ1) is 19.4. The first-order valence-electron chi connectivity index (χ1n) is 9.87. The maximum absolute atomic E-state index is 11.9. The number of carbonyl (C=O) groups is 2. The number of urea groups is 1. The molecule has 0 saturated heterocycles. The summed E-state index contributed by atoms with van der Waals surface area (Å²) >= 11 is 0. The molecule has 27 heavy (non-hydrogen) atoms. The van der Waals surface area contributed by atoms with Gasteiger partial charge in [0.15, 0.2) is 0 Å². The minimum absolute atomic E-state index is 0.238. The summed E-state index contributed by atoms with van der Waals surface area (Å²) < 4.78 is 0. The summed E-state index contributed by atoms with van der Waals surface area (Å²) in [5, 5.41) is 11.4. The molecule has 0 heterocycles. The third kappa shape index (κ3) is 5.32. The largest absolute Gasteiger partial charge is 0.481 e. The van der Waals surface area contributed by atoms with Crippen molar-refractivity contribution in [2.45, 2.75) is 38.5 Å². The van der Waals surface area contributed by atoms with Crippen molar-refractivity contribution in [3.8, 4) is 0 Å². The number of aliphatic carboxylic acids is 1. The standard InChI is InChI=1S/C21H29N3O3/c25-20(26)11-7-2-1-6-10-16-17-12-13-18(17)19(16)14-22-24-21(27)23-15-8-4-3-5-9-15/h1,3-6,8-9,16-19,22H,2,7,10-14H2,(H,25,26)(H2,23,24,27)/b6-1-/t16-,17?,18-,19-/m0/s1. The van der Waals surface area contributed by atoms with Gasteiger partial charge < -0.3 is 10.4 Å². The Kier molecular flexibility index (Phi) is 6.87. The minimum Gasteiger partial charge on any atom is -0.481 e. The fourth-order valence-electron chi connectivity index (χ4n) is 4.43. The van der Waals surface area contributed by atoms with Crippen molar-refractivity contribution in [2.75, 3.05) is 11.9 Å². The lowest BCUT2D eigenvalue weighted by molar-refractivity contribution is -0.137. The fraction of sp³-hybridized carbons (Fsp3) is 0.524. The number of carbonyl (C=O) groups excluding carboxylic acids is 1. The van der Waals surface area contributed by atoms with Crippen molar-refractivity contribution in [1.29, 1.82) is 0 Å². The number of para-hydroxylation sites is 1. The normalized spacial score (nSPS) is 25.9. The smallest absolute Gasteiger partial charge is 0.333 e. The average Bonchev–Trinajstić information content (AvgIpc) is 2.62. The van der Waals surface area contributed by atoms with E-state index in [-0.39, 0.29) is 12.5 Å². The molecule has 4 N–H and O–H groups in total. The van der Waals surface area contributed by atoms with Gasteiger partial charge in [0.1, 0.15) is 0 Å². The van der Waals surface area contributed by atoms with Gasteiger partial charge in [0.25, 0.3) is 0 Å². The van der Waals surface area contributed by atoms with Crippen molar-refractivity contribution < 1.29 is 14.7 Å². The van der Waals surface area contributed by atoms with Gasteiger partial charge in [-0.2, -0.15) is 0 Å². The first-order valence-corrected chi connectivity index (χ1v) is 9.87. The Morgan fingerprint density at radius 3 is 2.52 bits per heavy atom. The van der Waals surface area contributed by atoms with Crippen LogP contribution in [0.2, 0.25) is 0 Å². The highest BCUT2D eigenvalue weighted by Crippen LogP contribution is 2.59. The summed E-state index contributed by atoms with van der Waals surface area (Å²) in [6.07, 6.45) is 9.77. The van der Waals surface area contributed by atoms with E-state index in [2.05, 4.69) is 28.3 Å². The number of hydrogen-bond acceptors (Lipinski definition) is 3. The average molecular weight is 371 g/mol. The van der Waals surface area contributed by atoms with Crippen LogP contribution in [-0.4, -0.2) is 23.7 Å². The number of hydrogen-bond donors (Lipinski definition) is 4. The van der Waals surface area contributed by atoms with Crippen LogP contribution in [0.3, 0.4) is 0 Å². The maximum Gasteiger partial charge on any atom is 0.333 e. The van der Waals surface area contributed by atoms with Crippen LogP contribution in [0.1, 0.15) is 38.5 Å². The monoisotopic (exact) mass is 371 g/mol. The molecule has 6 heteroatoms. The number of rotatable bonds is 10. The van der Waals surface area contributed by atoms with E-state index in [1.807, 2.05) is 30.3 Å². The Bertz CT molecular complexity index is 662. The van der Waals surface area contributed by atoms with Crippen LogP contribution in [0.15, 0.2) is 42.5 Å². The summed E-state index contributed by atoms with van der Waals surface area (Å²) in [6.45, 7) is 0.793. The Morgan fingerprint density at radius 2 is 1.81 bits per heavy atom. The highest BCUT2D eigenvalue weighted by Gasteiger charge is 2.53. The molecular weight excluding hydrogens is 342 g/mol. The van der Waals surface area contributed by atoms with Crippen LogP contribution in [0.4, 0.5) is 10.5 Å². The lowest BCUT2D eigenvalue weighted by Crippen LogP contribution is -2.58. The predicted molar refractivity (Wildman–Crippen MR) is 105 cm³/mol. The van der Waals surface area contributed by atoms with Crippen molar-refractivity contribution in [1.82, 2.24) is 10.9 Å². The van der Waals surface area contributed by atoms with Crippen molar-refractivity contribution in [2.24, 2.45) is 23.7 Å². The van der Waals surface area contributed by atoms with Crippen molar-refractivity contribution >= 4 is 17.7 Å². The van der Waals surface area contributed by atoms with Gasteiger partial charge in [0.2, 0.25) is 0 Å². The molecular formula is C21H29N3O3. The maximum atomic E-state index is 11.9. The number of unbranched alkanes of at least 4 members (excludes halogenated alkanes) is 1. The highest BCUT2D eigenvalue weighted by atomic mass is 16.4. The van der Waals surface area contributed by atoms with E-state index >= 15 is 0 Å². The third-order valence-corrected chi connectivity index (χ3v) is 5.94. The SMILES string of the molecule is O=C(O)CCC/C=C\C[C@H]1C2CC[C@@H]2[C@H]1CNNC(=O)Nc1ccccc1. The summed E-state index contributed by atoms with van der Waals surface area (Å²) in [7, 11) is 0. The molecule has 4 atom stereocenters. The van der Waals surface area contributed by atoms with Crippen molar-refractivity contribution in [3.05, 3.63) is 42.5 Å². The lowest BCUT2D eigenvalue weighted by atomic mass is 9.46. The van der Waals surface area contributed by atoms with Crippen LogP contribution in [0.25, 0.3) is 0 Å². The fourth-order valence-corrected chi connectivity index (χ4v) is 4.43. The lowest BCUT2D eigenvalue weighted by Gasteiger charge is -2.59. The number of amides is 2. The van der Waals surface area contributed by atoms with Gasteiger partial charge in [-0.1, -0.05) is 30.4 Å². The number of benzene rings is 1. The highest BCUT2D eigenvalue weighted by molar-refractivity contribution is 5.88. The Morgan fingerprint density at radius 1 is 1.07 bits per heavy atom. The third-order valence-electron chi connectivity index (χ3n) is 5.94. The molecule has 0 radical (unpaired) electrons. The second kappa shape index (κ2) is 9.55. The van der Waals surface area contributed by atoms with Gasteiger partial charge in [-0.3, -0.25) is 10.2 Å². The topological polar surface area (TPSA) is 90.5 Å². The van der Waals surface area contributed by atoms with E-state index in [1.165, 1.54) is 12.8 Å². The second-order valence-corrected chi connectivity index (χ2v) is 7.55. The molecule has 2 fully saturated rings. The molecule has 1 aromatic carbocycles.